The maximum atomic E-state index is 11.8. The third kappa shape index (κ3) is 4.48. The van der Waals surface area contributed by atoms with Gasteiger partial charge in [0.1, 0.15) is 0 Å². The maximum Gasteiger partial charge on any atom is 0.187 e. The first-order valence-corrected chi connectivity index (χ1v) is 6.73. The van der Waals surface area contributed by atoms with Crippen LogP contribution in [0.4, 0.5) is 0 Å². The van der Waals surface area contributed by atoms with Crippen LogP contribution in [0.1, 0.15) is 44.0 Å². The lowest BCUT2D eigenvalue weighted by molar-refractivity contribution is 0.00842. The van der Waals surface area contributed by atoms with Crippen molar-refractivity contribution < 1.29 is 4.74 Å². The van der Waals surface area contributed by atoms with Gasteiger partial charge >= 0.3 is 0 Å². The third-order valence-corrected chi connectivity index (χ3v) is 3.59. The zero-order valence-electron chi connectivity index (χ0n) is 12.9. The quantitative estimate of drug-likeness (QED) is 0.830. The molecule has 1 atom stereocenters. The van der Waals surface area contributed by atoms with Crippen LogP contribution in [0, 0.1) is 13.8 Å². The maximum absolute atomic E-state index is 11.8. The minimum Gasteiger partial charge on any atom is -0.379 e. The van der Waals surface area contributed by atoms with Crippen LogP contribution in [0.5, 0.6) is 0 Å². The van der Waals surface area contributed by atoms with E-state index in [9.17, 15) is 4.79 Å². The van der Waals surface area contributed by atoms with Crippen LogP contribution < -0.4 is 10.7 Å². The zero-order valence-corrected chi connectivity index (χ0v) is 12.9. The van der Waals surface area contributed by atoms with Gasteiger partial charge in [-0.25, -0.2) is 0 Å². The highest BCUT2D eigenvalue weighted by Crippen LogP contribution is 2.15. The molecule has 19 heavy (non-hydrogen) atoms. The van der Waals surface area contributed by atoms with E-state index in [0.29, 0.717) is 12.6 Å². The summed E-state index contributed by atoms with van der Waals surface area (Å²) in [4.78, 5) is 15.0. The molecule has 4 nitrogen and oxygen atoms in total. The Hall–Kier alpha value is -1.13. The van der Waals surface area contributed by atoms with Gasteiger partial charge in [0.25, 0.3) is 0 Å². The normalized spacial score (nSPS) is 13.6. The van der Waals surface area contributed by atoms with Gasteiger partial charge in [-0.05, 0) is 41.0 Å². The summed E-state index contributed by atoms with van der Waals surface area (Å²) in [7, 11) is 1.73. The van der Waals surface area contributed by atoms with Gasteiger partial charge in [-0.2, -0.15) is 0 Å². The largest absolute Gasteiger partial charge is 0.379 e. The molecule has 0 aliphatic heterocycles. The van der Waals surface area contributed by atoms with Crippen LogP contribution in [0.3, 0.4) is 0 Å². The molecule has 0 aliphatic carbocycles. The van der Waals surface area contributed by atoms with Crippen molar-refractivity contribution in [1.29, 1.82) is 0 Å². The van der Waals surface area contributed by atoms with Crippen LogP contribution in [0.25, 0.3) is 0 Å². The van der Waals surface area contributed by atoms with E-state index in [2.05, 4.69) is 31.1 Å². The van der Waals surface area contributed by atoms with Gasteiger partial charge in [-0.3, -0.25) is 4.79 Å². The Kier molecular flexibility index (Phi) is 5.32. The summed E-state index contributed by atoms with van der Waals surface area (Å²) in [5, 5.41) is 3.43. The molecule has 1 rings (SSSR count). The second kappa shape index (κ2) is 6.35. The molecule has 0 aromatic carbocycles. The van der Waals surface area contributed by atoms with Gasteiger partial charge in [0.2, 0.25) is 0 Å². The third-order valence-electron chi connectivity index (χ3n) is 3.59. The minimum absolute atomic E-state index is 0.125. The molecule has 4 heteroatoms. The highest BCUT2D eigenvalue weighted by atomic mass is 16.5. The first-order chi connectivity index (χ1) is 8.76. The van der Waals surface area contributed by atoms with E-state index < -0.39 is 0 Å². The molecule has 2 N–H and O–H groups in total. The summed E-state index contributed by atoms with van der Waals surface area (Å²) in [5.74, 6) is 0. The number of H-pyrrole nitrogens is 1. The number of hydrogen-bond donors (Lipinski definition) is 2. The highest BCUT2D eigenvalue weighted by Gasteiger charge is 2.20. The molecule has 0 bridgehead atoms. The number of aromatic amines is 1. The topological polar surface area (TPSA) is 54.1 Å². The number of aromatic nitrogens is 1. The van der Waals surface area contributed by atoms with Gasteiger partial charge in [0.05, 0.1) is 5.60 Å². The summed E-state index contributed by atoms with van der Waals surface area (Å²) in [6.07, 6.45) is 2.69. The molecule has 0 saturated carbocycles. The second-order valence-electron chi connectivity index (χ2n) is 5.85. The van der Waals surface area contributed by atoms with Crippen molar-refractivity contribution >= 4 is 0 Å². The monoisotopic (exact) mass is 266 g/mol. The van der Waals surface area contributed by atoms with Gasteiger partial charge in [0.15, 0.2) is 5.43 Å². The predicted molar refractivity (Wildman–Crippen MR) is 78.5 cm³/mol. The summed E-state index contributed by atoms with van der Waals surface area (Å²) < 4.78 is 5.42. The van der Waals surface area contributed by atoms with Gasteiger partial charge in [-0.1, -0.05) is 0 Å². The molecule has 1 aromatic rings. The Balaban J connectivity index is 2.63. The molecule has 0 saturated heterocycles. The van der Waals surface area contributed by atoms with E-state index in [0.717, 1.165) is 23.2 Å². The number of pyridine rings is 1. The molecule has 0 spiro atoms. The van der Waals surface area contributed by atoms with Crippen molar-refractivity contribution in [2.75, 3.05) is 7.11 Å². The van der Waals surface area contributed by atoms with Crippen LogP contribution >= 0.6 is 0 Å². The van der Waals surface area contributed by atoms with Crippen molar-refractivity contribution in [3.8, 4) is 0 Å². The van der Waals surface area contributed by atoms with Crippen LogP contribution in [-0.4, -0.2) is 23.7 Å². The Labute approximate surface area is 115 Å². The van der Waals surface area contributed by atoms with E-state index >= 15 is 0 Å². The lowest BCUT2D eigenvalue weighted by Gasteiger charge is -2.27. The molecule has 0 amide bonds. The SMILES string of the molecule is COC(C)(C)C[C@H](C)NCc1[nH]cc(C)c(=O)c1C. The summed E-state index contributed by atoms with van der Waals surface area (Å²) in [6.45, 7) is 10.6. The predicted octanol–water partition coefficient (Wildman–Crippen LogP) is 2.28. The van der Waals surface area contributed by atoms with Crippen LogP contribution in [0.2, 0.25) is 0 Å². The molecule has 0 radical (unpaired) electrons. The average Bonchev–Trinajstić information content (AvgIpc) is 2.34. The smallest absolute Gasteiger partial charge is 0.187 e. The number of nitrogens with one attached hydrogen (secondary N) is 2. The molecule has 0 fully saturated rings. The number of ether oxygens (including phenoxy) is 1. The van der Waals surface area contributed by atoms with E-state index in [1.165, 1.54) is 0 Å². The molecule has 108 valence electrons. The fraction of sp³-hybridized carbons (Fsp3) is 0.667. The molecule has 1 aromatic heterocycles. The van der Waals surface area contributed by atoms with Gasteiger partial charge in [-0.15, -0.1) is 0 Å². The van der Waals surface area contributed by atoms with Crippen molar-refractivity contribution in [2.45, 2.75) is 59.2 Å². The van der Waals surface area contributed by atoms with Gasteiger partial charge in [0, 0.05) is 42.7 Å². The lowest BCUT2D eigenvalue weighted by atomic mass is 10.00. The fourth-order valence-corrected chi connectivity index (χ4v) is 2.15. The van der Waals surface area contributed by atoms with Crippen molar-refractivity contribution in [2.24, 2.45) is 0 Å². The fourth-order valence-electron chi connectivity index (χ4n) is 2.15. The zero-order chi connectivity index (χ0) is 14.6. The number of aryl methyl sites for hydroxylation is 1. The molecule has 0 unspecified atom stereocenters. The van der Waals surface area contributed by atoms with E-state index in [1.54, 1.807) is 13.3 Å². The summed E-state index contributed by atoms with van der Waals surface area (Å²) in [5.41, 5.74) is 2.50. The first-order valence-electron chi connectivity index (χ1n) is 6.73. The Morgan fingerprint density at radius 3 is 2.63 bits per heavy atom. The summed E-state index contributed by atoms with van der Waals surface area (Å²) >= 11 is 0. The van der Waals surface area contributed by atoms with Crippen LogP contribution in [-0.2, 0) is 11.3 Å². The molecular formula is C15H26N2O2. The van der Waals surface area contributed by atoms with Crippen molar-refractivity contribution in [3.63, 3.8) is 0 Å². The first kappa shape index (κ1) is 15.9. The number of rotatable bonds is 6. The van der Waals surface area contributed by atoms with Crippen molar-refractivity contribution in [3.05, 3.63) is 33.2 Å². The number of methoxy groups -OCH3 is 1. The minimum atomic E-state index is -0.137. The van der Waals surface area contributed by atoms with E-state index in [-0.39, 0.29) is 11.0 Å². The summed E-state index contributed by atoms with van der Waals surface area (Å²) in [6, 6.07) is 0.319. The second-order valence-corrected chi connectivity index (χ2v) is 5.85. The highest BCUT2D eigenvalue weighted by molar-refractivity contribution is 5.23. The molecular weight excluding hydrogens is 240 g/mol. The standard InChI is InChI=1S/C15H26N2O2/c1-10-8-17-13(12(3)14(10)18)9-16-11(2)7-15(4,5)19-6/h8,11,16H,7,9H2,1-6H3,(H,17,18)/t11-/m0/s1. The Morgan fingerprint density at radius 2 is 2.05 bits per heavy atom. The average molecular weight is 266 g/mol. The van der Waals surface area contributed by atoms with Crippen molar-refractivity contribution in [1.82, 2.24) is 10.3 Å². The van der Waals surface area contributed by atoms with E-state index in [1.807, 2.05) is 13.8 Å². The Bertz CT molecular complexity index is 478. The van der Waals surface area contributed by atoms with E-state index in [4.69, 9.17) is 4.74 Å². The molecule has 0 aliphatic rings. The van der Waals surface area contributed by atoms with Gasteiger partial charge < -0.3 is 15.0 Å². The Morgan fingerprint density at radius 1 is 1.42 bits per heavy atom. The number of hydrogen-bond acceptors (Lipinski definition) is 3. The lowest BCUT2D eigenvalue weighted by Crippen LogP contribution is -2.36. The molecule has 1 heterocycles. The van der Waals surface area contributed by atoms with Crippen LogP contribution in [0.15, 0.2) is 11.0 Å².